The standard InChI is InChI=1S/C19H23F2N3O/c1-5-11-9-19(2,3)13-7-6-8-14(15(11)13)22-18(25)12-10-24(4)23-16(12)17(20)21/h6-8,10-11,17H,5,9H2,1-4H3,(H,22,25). The Kier molecular flexibility index (Phi) is 4.39. The molecule has 0 spiro atoms. The molecule has 1 unspecified atom stereocenters. The summed E-state index contributed by atoms with van der Waals surface area (Å²) in [7, 11) is 1.53. The summed E-state index contributed by atoms with van der Waals surface area (Å²) in [6.45, 7) is 6.52. The third-order valence-corrected chi connectivity index (χ3v) is 5.05. The topological polar surface area (TPSA) is 46.9 Å². The number of anilines is 1. The van der Waals surface area contributed by atoms with Crippen molar-refractivity contribution in [3.05, 3.63) is 46.8 Å². The molecule has 0 radical (unpaired) electrons. The van der Waals surface area contributed by atoms with Crippen molar-refractivity contribution in [2.75, 3.05) is 5.32 Å². The van der Waals surface area contributed by atoms with Gasteiger partial charge in [-0.25, -0.2) is 8.78 Å². The molecule has 3 rings (SSSR count). The molecule has 1 aromatic heterocycles. The van der Waals surface area contributed by atoms with Gasteiger partial charge in [0.15, 0.2) is 0 Å². The van der Waals surface area contributed by atoms with Gasteiger partial charge in [0.1, 0.15) is 5.69 Å². The van der Waals surface area contributed by atoms with Gasteiger partial charge in [0.2, 0.25) is 0 Å². The highest BCUT2D eigenvalue weighted by atomic mass is 19.3. The molecule has 1 heterocycles. The monoisotopic (exact) mass is 347 g/mol. The first-order valence-electron chi connectivity index (χ1n) is 8.51. The molecule has 2 aromatic rings. The van der Waals surface area contributed by atoms with E-state index in [0.29, 0.717) is 11.6 Å². The maximum Gasteiger partial charge on any atom is 0.282 e. The van der Waals surface area contributed by atoms with E-state index in [1.807, 2.05) is 12.1 Å². The van der Waals surface area contributed by atoms with Crippen LogP contribution in [-0.4, -0.2) is 15.7 Å². The lowest BCUT2D eigenvalue weighted by Gasteiger charge is -2.19. The van der Waals surface area contributed by atoms with Crippen molar-refractivity contribution in [3.8, 4) is 0 Å². The van der Waals surface area contributed by atoms with Gasteiger partial charge in [-0.2, -0.15) is 5.10 Å². The molecular formula is C19H23F2N3O. The van der Waals surface area contributed by atoms with Crippen molar-refractivity contribution >= 4 is 11.6 Å². The van der Waals surface area contributed by atoms with Crippen molar-refractivity contribution in [3.63, 3.8) is 0 Å². The zero-order valence-corrected chi connectivity index (χ0v) is 14.9. The predicted molar refractivity (Wildman–Crippen MR) is 93.2 cm³/mol. The number of hydrogen-bond donors (Lipinski definition) is 1. The molecule has 1 aromatic carbocycles. The van der Waals surface area contributed by atoms with Gasteiger partial charge in [-0.1, -0.05) is 32.9 Å². The normalized spacial score (nSPS) is 18.4. The lowest BCUT2D eigenvalue weighted by atomic mass is 9.86. The number of amides is 1. The SMILES string of the molecule is CCC1CC(C)(C)c2cccc(NC(=O)c3cn(C)nc3C(F)F)c21. The highest BCUT2D eigenvalue weighted by Crippen LogP contribution is 2.50. The van der Waals surface area contributed by atoms with Gasteiger partial charge in [-0.15, -0.1) is 0 Å². The van der Waals surface area contributed by atoms with E-state index in [0.717, 1.165) is 18.4 Å². The first-order valence-corrected chi connectivity index (χ1v) is 8.51. The first-order chi connectivity index (χ1) is 11.7. The summed E-state index contributed by atoms with van der Waals surface area (Å²) < 4.78 is 27.5. The fourth-order valence-corrected chi connectivity index (χ4v) is 3.91. The molecule has 1 aliphatic rings. The number of carbonyl (C=O) groups excluding carboxylic acids is 1. The number of benzene rings is 1. The van der Waals surface area contributed by atoms with Gasteiger partial charge < -0.3 is 5.32 Å². The minimum Gasteiger partial charge on any atom is -0.322 e. The molecule has 1 aliphatic carbocycles. The average molecular weight is 347 g/mol. The minimum atomic E-state index is -2.79. The van der Waals surface area contributed by atoms with Crippen LogP contribution in [-0.2, 0) is 12.5 Å². The maximum absolute atomic E-state index is 13.1. The van der Waals surface area contributed by atoms with Crippen LogP contribution in [0.15, 0.2) is 24.4 Å². The van der Waals surface area contributed by atoms with Gasteiger partial charge in [-0.05, 0) is 41.4 Å². The number of aromatic nitrogens is 2. The van der Waals surface area contributed by atoms with Crippen LogP contribution in [0.2, 0.25) is 0 Å². The Bertz CT molecular complexity index is 811. The second-order valence-corrected chi connectivity index (χ2v) is 7.32. The minimum absolute atomic E-state index is 0.0409. The summed E-state index contributed by atoms with van der Waals surface area (Å²) in [6.07, 6.45) is 0.534. The van der Waals surface area contributed by atoms with Crippen molar-refractivity contribution in [1.29, 1.82) is 0 Å². The summed E-state index contributed by atoms with van der Waals surface area (Å²) in [5.74, 6) is -0.193. The number of nitrogens with one attached hydrogen (secondary N) is 1. The van der Waals surface area contributed by atoms with Crippen molar-refractivity contribution in [2.24, 2.45) is 7.05 Å². The third kappa shape index (κ3) is 3.05. The molecule has 0 aliphatic heterocycles. The molecule has 0 saturated carbocycles. The van der Waals surface area contributed by atoms with Crippen molar-refractivity contribution < 1.29 is 13.6 Å². The van der Waals surface area contributed by atoms with Crippen LogP contribution in [0.1, 0.15) is 73.1 Å². The molecule has 4 nitrogen and oxygen atoms in total. The summed E-state index contributed by atoms with van der Waals surface area (Å²) in [5.41, 5.74) is 2.53. The number of hydrogen-bond acceptors (Lipinski definition) is 2. The molecule has 0 bridgehead atoms. The zero-order chi connectivity index (χ0) is 18.4. The van der Waals surface area contributed by atoms with E-state index < -0.39 is 18.0 Å². The summed E-state index contributed by atoms with van der Waals surface area (Å²) in [5, 5.41) is 6.55. The summed E-state index contributed by atoms with van der Waals surface area (Å²) in [6, 6.07) is 5.85. The zero-order valence-electron chi connectivity index (χ0n) is 14.9. The molecule has 1 amide bonds. The second-order valence-electron chi connectivity index (χ2n) is 7.32. The molecule has 0 fully saturated rings. The number of halogens is 2. The van der Waals surface area contributed by atoms with Crippen LogP contribution in [0.25, 0.3) is 0 Å². The molecular weight excluding hydrogens is 324 g/mol. The Morgan fingerprint density at radius 1 is 1.44 bits per heavy atom. The van der Waals surface area contributed by atoms with E-state index >= 15 is 0 Å². The fourth-order valence-electron chi connectivity index (χ4n) is 3.91. The van der Waals surface area contributed by atoms with Crippen LogP contribution in [0.5, 0.6) is 0 Å². The van der Waals surface area contributed by atoms with Crippen LogP contribution in [0.4, 0.5) is 14.5 Å². The predicted octanol–water partition coefficient (Wildman–Crippen LogP) is 4.78. The van der Waals surface area contributed by atoms with E-state index in [4.69, 9.17) is 0 Å². The maximum atomic E-state index is 13.1. The van der Waals surface area contributed by atoms with Crippen LogP contribution < -0.4 is 5.32 Å². The fraction of sp³-hybridized carbons (Fsp3) is 0.474. The summed E-state index contributed by atoms with van der Waals surface area (Å²) in [4.78, 5) is 12.6. The molecule has 0 saturated heterocycles. The Morgan fingerprint density at radius 3 is 2.80 bits per heavy atom. The Labute approximate surface area is 146 Å². The Balaban J connectivity index is 1.98. The molecule has 1 N–H and O–H groups in total. The number of carbonyl (C=O) groups is 1. The quantitative estimate of drug-likeness (QED) is 0.865. The van der Waals surface area contributed by atoms with E-state index in [-0.39, 0.29) is 11.0 Å². The van der Waals surface area contributed by atoms with E-state index in [1.54, 1.807) is 0 Å². The van der Waals surface area contributed by atoms with Crippen LogP contribution in [0, 0.1) is 0 Å². The van der Waals surface area contributed by atoms with Crippen molar-refractivity contribution in [1.82, 2.24) is 9.78 Å². The highest BCUT2D eigenvalue weighted by Gasteiger charge is 2.37. The second kappa shape index (κ2) is 6.24. The average Bonchev–Trinajstić information content (AvgIpc) is 3.06. The molecule has 1 atom stereocenters. The third-order valence-electron chi connectivity index (χ3n) is 5.05. The van der Waals surface area contributed by atoms with E-state index in [9.17, 15) is 13.6 Å². The summed E-state index contributed by atoms with van der Waals surface area (Å²) >= 11 is 0. The first kappa shape index (κ1) is 17.6. The smallest absolute Gasteiger partial charge is 0.282 e. The molecule has 134 valence electrons. The Morgan fingerprint density at radius 2 is 2.16 bits per heavy atom. The molecule has 6 heteroatoms. The van der Waals surface area contributed by atoms with E-state index in [1.165, 1.54) is 23.5 Å². The number of nitrogens with zero attached hydrogens (tertiary/aromatic N) is 2. The lowest BCUT2D eigenvalue weighted by molar-refractivity contribution is 0.101. The van der Waals surface area contributed by atoms with Crippen molar-refractivity contribution in [2.45, 2.75) is 51.4 Å². The van der Waals surface area contributed by atoms with Gasteiger partial charge in [0, 0.05) is 18.9 Å². The molecule has 25 heavy (non-hydrogen) atoms. The van der Waals surface area contributed by atoms with Crippen LogP contribution in [0.3, 0.4) is 0 Å². The largest absolute Gasteiger partial charge is 0.322 e. The number of fused-ring (bicyclic) bond motifs is 1. The van der Waals surface area contributed by atoms with Gasteiger partial charge in [0.05, 0.1) is 5.56 Å². The lowest BCUT2D eigenvalue weighted by Crippen LogP contribution is -2.16. The Hall–Kier alpha value is -2.24. The number of alkyl halides is 2. The van der Waals surface area contributed by atoms with Gasteiger partial charge in [-0.3, -0.25) is 9.48 Å². The van der Waals surface area contributed by atoms with Crippen LogP contribution >= 0.6 is 0 Å². The number of aryl methyl sites for hydroxylation is 1. The highest BCUT2D eigenvalue weighted by molar-refractivity contribution is 6.05. The van der Waals surface area contributed by atoms with E-state index in [2.05, 4.69) is 37.3 Å². The van der Waals surface area contributed by atoms with Gasteiger partial charge >= 0.3 is 0 Å². The number of rotatable bonds is 4. The van der Waals surface area contributed by atoms with Gasteiger partial charge in [0.25, 0.3) is 12.3 Å².